The first-order chi connectivity index (χ1) is 17.5. The molecule has 0 heterocycles. The maximum atomic E-state index is 12.4. The number of fused-ring (bicyclic) bond motifs is 1. The Morgan fingerprint density at radius 2 is 1.17 bits per heavy atom. The van der Waals surface area contributed by atoms with Crippen LogP contribution in [-0.2, 0) is 9.47 Å². The van der Waals surface area contributed by atoms with Gasteiger partial charge < -0.3 is 18.9 Å². The minimum Gasteiger partial charge on any atom is -0.434 e. The van der Waals surface area contributed by atoms with Gasteiger partial charge in [0, 0.05) is 10.8 Å². The fraction of sp³-hybridized carbons (Fsp3) is 0.600. The van der Waals surface area contributed by atoms with Gasteiger partial charge in [0.05, 0.1) is 13.2 Å². The van der Waals surface area contributed by atoms with Crippen LogP contribution in [0.3, 0.4) is 0 Å². The van der Waals surface area contributed by atoms with Crippen LogP contribution in [0.1, 0.15) is 102 Å². The Morgan fingerprint density at radius 3 is 1.75 bits per heavy atom. The molecule has 2 aromatic carbocycles. The third-order valence-corrected chi connectivity index (χ3v) is 6.21. The average molecular weight is 501 g/mol. The Bertz CT molecular complexity index is 952. The fourth-order valence-electron chi connectivity index (χ4n) is 4.14. The van der Waals surface area contributed by atoms with Gasteiger partial charge in [0.2, 0.25) is 0 Å². The van der Waals surface area contributed by atoms with Crippen molar-refractivity contribution in [3.05, 3.63) is 35.4 Å². The maximum absolute atomic E-state index is 12.4. The molecule has 2 rings (SSSR count). The maximum Gasteiger partial charge on any atom is 0.513 e. The number of ether oxygens (including phenoxy) is 4. The molecule has 0 unspecified atom stereocenters. The molecule has 6 nitrogen and oxygen atoms in total. The van der Waals surface area contributed by atoms with Gasteiger partial charge in [0.25, 0.3) is 0 Å². The van der Waals surface area contributed by atoms with Gasteiger partial charge in [-0.1, -0.05) is 95.8 Å². The summed E-state index contributed by atoms with van der Waals surface area (Å²) in [6.45, 7) is 8.82. The van der Waals surface area contributed by atoms with Gasteiger partial charge in [0.15, 0.2) is 0 Å². The molecular weight excluding hydrogens is 456 g/mol. The van der Waals surface area contributed by atoms with Crippen molar-refractivity contribution in [1.82, 2.24) is 0 Å². The highest BCUT2D eigenvalue weighted by Gasteiger charge is 2.18. The highest BCUT2D eigenvalue weighted by molar-refractivity contribution is 5.97. The first-order valence-electron chi connectivity index (χ1n) is 13.7. The van der Waals surface area contributed by atoms with E-state index in [1.54, 1.807) is 6.07 Å². The third-order valence-electron chi connectivity index (χ3n) is 6.21. The van der Waals surface area contributed by atoms with Crippen molar-refractivity contribution in [3.8, 4) is 11.5 Å². The van der Waals surface area contributed by atoms with E-state index in [4.69, 9.17) is 18.9 Å². The van der Waals surface area contributed by atoms with E-state index in [1.165, 1.54) is 38.5 Å². The number of carbonyl (C=O) groups excluding carboxylic acids is 2. The summed E-state index contributed by atoms with van der Waals surface area (Å²) in [5, 5.41) is 1.35. The molecule has 0 aliphatic carbocycles. The van der Waals surface area contributed by atoms with Crippen molar-refractivity contribution in [2.24, 2.45) is 0 Å². The molecule has 0 aliphatic heterocycles. The molecule has 0 amide bonds. The second-order valence-corrected chi connectivity index (χ2v) is 9.51. The van der Waals surface area contributed by atoms with Crippen molar-refractivity contribution >= 4 is 23.1 Å². The van der Waals surface area contributed by atoms with Crippen molar-refractivity contribution in [2.75, 3.05) is 13.2 Å². The smallest absolute Gasteiger partial charge is 0.434 e. The summed E-state index contributed by atoms with van der Waals surface area (Å²) in [6.07, 6.45) is 11.9. The molecule has 0 N–H and O–H groups in total. The van der Waals surface area contributed by atoms with Crippen molar-refractivity contribution < 1.29 is 28.5 Å². The van der Waals surface area contributed by atoms with Gasteiger partial charge in [-0.25, -0.2) is 9.59 Å². The molecule has 0 saturated carbocycles. The molecule has 0 atom stereocenters. The van der Waals surface area contributed by atoms with Crippen molar-refractivity contribution in [2.45, 2.75) is 105 Å². The molecule has 0 saturated heterocycles. The van der Waals surface area contributed by atoms with Crippen LogP contribution in [0.4, 0.5) is 9.59 Å². The predicted octanol–water partition coefficient (Wildman–Crippen LogP) is 9.21. The lowest BCUT2D eigenvalue weighted by Gasteiger charge is -2.15. The molecule has 0 radical (unpaired) electrons. The first kappa shape index (κ1) is 29.5. The highest BCUT2D eigenvalue weighted by atomic mass is 16.7. The standard InChI is InChI=1S/C30H44O6/c1-5-7-9-11-13-15-19-33-29(31)35-27-22-24(4)28(26-21-23(3)17-18-25(26)27)36-30(32)34-20-16-14-12-10-8-6-2/h17-18,21-22H,5-16,19-20H2,1-4H3. The van der Waals surface area contributed by atoms with Crippen LogP contribution in [0.15, 0.2) is 24.3 Å². The number of carbonyl (C=O) groups is 2. The largest absolute Gasteiger partial charge is 0.513 e. The van der Waals surface area contributed by atoms with Crippen molar-refractivity contribution in [3.63, 3.8) is 0 Å². The Balaban J connectivity index is 1.96. The lowest BCUT2D eigenvalue weighted by atomic mass is 10.0. The van der Waals surface area contributed by atoms with Gasteiger partial charge in [0.1, 0.15) is 11.5 Å². The second kappa shape index (κ2) is 16.8. The van der Waals surface area contributed by atoms with Crippen LogP contribution >= 0.6 is 0 Å². The molecule has 6 heteroatoms. The van der Waals surface area contributed by atoms with E-state index < -0.39 is 12.3 Å². The number of aryl methyl sites for hydroxylation is 2. The van der Waals surface area contributed by atoms with E-state index in [0.29, 0.717) is 41.0 Å². The Hall–Kier alpha value is -2.76. The molecule has 36 heavy (non-hydrogen) atoms. The minimum absolute atomic E-state index is 0.340. The minimum atomic E-state index is -0.725. The van der Waals surface area contributed by atoms with E-state index >= 15 is 0 Å². The molecule has 200 valence electrons. The van der Waals surface area contributed by atoms with Crippen LogP contribution in [0.5, 0.6) is 11.5 Å². The molecule has 0 aromatic heterocycles. The molecule has 0 fully saturated rings. The summed E-state index contributed by atoms with van der Waals surface area (Å²) in [4.78, 5) is 24.7. The van der Waals surface area contributed by atoms with Gasteiger partial charge in [-0.05, 0) is 44.4 Å². The van der Waals surface area contributed by atoms with Gasteiger partial charge in [-0.2, -0.15) is 0 Å². The quantitative estimate of drug-likeness (QED) is 0.130. The zero-order chi connectivity index (χ0) is 26.2. The van der Waals surface area contributed by atoms with Crippen LogP contribution in [0.25, 0.3) is 10.8 Å². The molecule has 2 aromatic rings. The van der Waals surface area contributed by atoms with Crippen LogP contribution in [0, 0.1) is 13.8 Å². The summed E-state index contributed by atoms with van der Waals surface area (Å²) in [5.41, 5.74) is 1.67. The van der Waals surface area contributed by atoms with E-state index in [9.17, 15) is 9.59 Å². The predicted molar refractivity (Wildman–Crippen MR) is 144 cm³/mol. The Labute approximate surface area is 216 Å². The normalized spacial score (nSPS) is 10.9. The highest BCUT2D eigenvalue weighted by Crippen LogP contribution is 2.37. The average Bonchev–Trinajstić information content (AvgIpc) is 2.85. The first-order valence-corrected chi connectivity index (χ1v) is 13.7. The molecule has 0 spiro atoms. The monoisotopic (exact) mass is 500 g/mol. The number of hydrogen-bond acceptors (Lipinski definition) is 6. The Morgan fingerprint density at radius 1 is 0.639 bits per heavy atom. The lowest BCUT2D eigenvalue weighted by molar-refractivity contribution is 0.0956. The van der Waals surface area contributed by atoms with E-state index in [-0.39, 0.29) is 0 Å². The molecule has 0 aliphatic rings. The van der Waals surface area contributed by atoms with E-state index in [1.807, 2.05) is 32.0 Å². The van der Waals surface area contributed by atoms with Gasteiger partial charge in [-0.15, -0.1) is 0 Å². The van der Waals surface area contributed by atoms with Gasteiger partial charge in [-0.3, -0.25) is 0 Å². The number of rotatable bonds is 16. The third kappa shape index (κ3) is 10.5. The van der Waals surface area contributed by atoms with Crippen LogP contribution in [0.2, 0.25) is 0 Å². The summed E-state index contributed by atoms with van der Waals surface area (Å²) in [5.74, 6) is 0.790. The lowest BCUT2D eigenvalue weighted by Crippen LogP contribution is -2.14. The van der Waals surface area contributed by atoms with E-state index in [2.05, 4.69) is 13.8 Å². The second-order valence-electron chi connectivity index (χ2n) is 9.51. The Kier molecular flexibility index (Phi) is 13.8. The summed E-state index contributed by atoms with van der Waals surface area (Å²) < 4.78 is 21.7. The molecule has 0 bridgehead atoms. The number of benzene rings is 2. The fourth-order valence-corrected chi connectivity index (χ4v) is 4.14. The van der Waals surface area contributed by atoms with Crippen LogP contribution < -0.4 is 9.47 Å². The topological polar surface area (TPSA) is 71.1 Å². The number of unbranched alkanes of at least 4 members (excludes halogenated alkanes) is 10. The summed E-state index contributed by atoms with van der Waals surface area (Å²) in [7, 11) is 0. The number of hydrogen-bond donors (Lipinski definition) is 0. The zero-order valence-electron chi connectivity index (χ0n) is 22.7. The zero-order valence-corrected chi connectivity index (χ0v) is 22.7. The SMILES string of the molecule is CCCCCCCCOC(=O)Oc1cc(C)c(OC(=O)OCCCCCCCC)c2cc(C)ccc12. The summed E-state index contributed by atoms with van der Waals surface area (Å²) >= 11 is 0. The van der Waals surface area contributed by atoms with E-state index in [0.717, 1.165) is 44.1 Å². The van der Waals surface area contributed by atoms with Crippen molar-refractivity contribution in [1.29, 1.82) is 0 Å². The molecular formula is C30H44O6. The van der Waals surface area contributed by atoms with Gasteiger partial charge >= 0.3 is 12.3 Å². The van der Waals surface area contributed by atoms with Crippen LogP contribution in [-0.4, -0.2) is 25.5 Å². The summed E-state index contributed by atoms with van der Waals surface area (Å²) in [6, 6.07) is 7.38.